The van der Waals surface area contributed by atoms with Gasteiger partial charge in [-0.25, -0.2) is 9.69 Å². The molecule has 3 aromatic carbocycles. The van der Waals surface area contributed by atoms with E-state index in [1.165, 1.54) is 6.08 Å². The van der Waals surface area contributed by atoms with Crippen LogP contribution in [-0.2, 0) is 16.0 Å². The van der Waals surface area contributed by atoms with E-state index in [2.05, 4.69) is 5.32 Å². The molecule has 1 aliphatic heterocycles. The predicted molar refractivity (Wildman–Crippen MR) is 137 cm³/mol. The standard InChI is InChI=1S/C28H25ClN2O4/c1-4-35-25-15-19(11-12-21(25)16-20-7-5-6-8-23(20)29)14-22-26(32)30-28(34)31(27(22)33)24-13-17(2)9-10-18(24)3/h5-15H,4,16H2,1-3H3,(H,30,32,34)/b22-14+. The number of aryl methyl sites for hydroxylation is 2. The minimum atomic E-state index is -0.768. The van der Waals surface area contributed by atoms with Gasteiger partial charge >= 0.3 is 6.03 Å². The number of urea groups is 1. The fraction of sp³-hybridized carbons (Fsp3) is 0.179. The smallest absolute Gasteiger partial charge is 0.335 e. The summed E-state index contributed by atoms with van der Waals surface area (Å²) in [6, 6.07) is 17.8. The molecule has 178 valence electrons. The lowest BCUT2D eigenvalue weighted by molar-refractivity contribution is -0.122. The molecular weight excluding hydrogens is 464 g/mol. The van der Waals surface area contributed by atoms with Gasteiger partial charge in [0.2, 0.25) is 0 Å². The lowest BCUT2D eigenvalue weighted by Crippen LogP contribution is -2.54. The molecule has 4 rings (SSSR count). The zero-order valence-electron chi connectivity index (χ0n) is 19.7. The van der Waals surface area contributed by atoms with Crippen LogP contribution in [0, 0.1) is 13.8 Å². The number of imide groups is 2. The van der Waals surface area contributed by atoms with E-state index in [4.69, 9.17) is 16.3 Å². The highest BCUT2D eigenvalue weighted by atomic mass is 35.5. The van der Waals surface area contributed by atoms with Crippen molar-refractivity contribution in [3.8, 4) is 5.75 Å². The number of amides is 4. The molecule has 3 aromatic rings. The second-order valence-electron chi connectivity index (χ2n) is 8.32. The second kappa shape index (κ2) is 10.2. The quantitative estimate of drug-likeness (QED) is 0.361. The van der Waals surface area contributed by atoms with E-state index in [0.717, 1.165) is 27.2 Å². The first-order chi connectivity index (χ1) is 16.8. The zero-order chi connectivity index (χ0) is 25.1. The summed E-state index contributed by atoms with van der Waals surface area (Å²) in [6.45, 7) is 6.01. The zero-order valence-corrected chi connectivity index (χ0v) is 20.5. The van der Waals surface area contributed by atoms with Gasteiger partial charge in [0.15, 0.2) is 0 Å². The number of ether oxygens (including phenoxy) is 1. The molecule has 0 bridgehead atoms. The summed E-state index contributed by atoms with van der Waals surface area (Å²) in [6.07, 6.45) is 2.05. The number of halogens is 1. The van der Waals surface area contributed by atoms with Gasteiger partial charge in [0.1, 0.15) is 11.3 Å². The Hall–Kier alpha value is -3.90. The Morgan fingerprint density at radius 3 is 2.49 bits per heavy atom. The number of nitrogens with one attached hydrogen (secondary N) is 1. The Bertz CT molecular complexity index is 1360. The van der Waals surface area contributed by atoms with Crippen LogP contribution in [0.5, 0.6) is 5.75 Å². The van der Waals surface area contributed by atoms with Gasteiger partial charge in [-0.15, -0.1) is 0 Å². The second-order valence-corrected chi connectivity index (χ2v) is 8.72. The fourth-order valence-corrected chi connectivity index (χ4v) is 4.15. The Morgan fingerprint density at radius 2 is 1.74 bits per heavy atom. The molecule has 1 fully saturated rings. The van der Waals surface area contributed by atoms with Crippen LogP contribution >= 0.6 is 11.6 Å². The number of hydrogen-bond acceptors (Lipinski definition) is 4. The number of rotatable bonds is 6. The Morgan fingerprint density at radius 1 is 0.971 bits per heavy atom. The molecule has 0 aliphatic carbocycles. The molecule has 1 heterocycles. The van der Waals surface area contributed by atoms with Gasteiger partial charge in [-0.2, -0.15) is 0 Å². The van der Waals surface area contributed by atoms with Crippen LogP contribution in [0.15, 0.2) is 66.2 Å². The molecule has 1 aliphatic rings. The molecule has 35 heavy (non-hydrogen) atoms. The van der Waals surface area contributed by atoms with Gasteiger partial charge in [0, 0.05) is 11.4 Å². The molecule has 0 aromatic heterocycles. The van der Waals surface area contributed by atoms with Gasteiger partial charge in [-0.3, -0.25) is 14.9 Å². The van der Waals surface area contributed by atoms with Crippen molar-refractivity contribution >= 4 is 41.2 Å². The number of nitrogens with zero attached hydrogens (tertiary/aromatic N) is 1. The molecule has 0 atom stereocenters. The number of barbiturate groups is 1. The van der Waals surface area contributed by atoms with E-state index >= 15 is 0 Å². The summed E-state index contributed by atoms with van der Waals surface area (Å²) in [5.74, 6) is -0.780. The summed E-state index contributed by atoms with van der Waals surface area (Å²) >= 11 is 6.33. The predicted octanol–water partition coefficient (Wildman–Crippen LogP) is 5.61. The van der Waals surface area contributed by atoms with Gasteiger partial charge in [0.05, 0.1) is 12.3 Å². The van der Waals surface area contributed by atoms with Gasteiger partial charge < -0.3 is 4.74 Å². The Kier molecular flexibility index (Phi) is 7.03. The molecule has 7 heteroatoms. The maximum absolute atomic E-state index is 13.3. The van der Waals surface area contributed by atoms with E-state index in [-0.39, 0.29) is 5.57 Å². The van der Waals surface area contributed by atoms with Gasteiger partial charge in [-0.05, 0) is 72.9 Å². The Labute approximate surface area is 209 Å². The van der Waals surface area contributed by atoms with Crippen LogP contribution in [0.3, 0.4) is 0 Å². The van der Waals surface area contributed by atoms with Crippen LogP contribution in [0.2, 0.25) is 5.02 Å². The highest BCUT2D eigenvalue weighted by Gasteiger charge is 2.37. The number of anilines is 1. The van der Waals surface area contributed by atoms with Crippen molar-refractivity contribution in [3.05, 3.63) is 99.1 Å². The lowest BCUT2D eigenvalue weighted by atomic mass is 10.00. The molecule has 6 nitrogen and oxygen atoms in total. The van der Waals surface area contributed by atoms with Gasteiger partial charge in [-0.1, -0.05) is 54.1 Å². The molecule has 1 N–H and O–H groups in total. The normalized spacial score (nSPS) is 14.9. The monoisotopic (exact) mass is 488 g/mol. The minimum absolute atomic E-state index is 0.133. The first kappa shape index (κ1) is 24.2. The van der Waals surface area contributed by atoms with Crippen molar-refractivity contribution < 1.29 is 19.1 Å². The van der Waals surface area contributed by atoms with Crippen LogP contribution < -0.4 is 15.0 Å². The fourth-order valence-electron chi connectivity index (χ4n) is 3.95. The van der Waals surface area contributed by atoms with Crippen molar-refractivity contribution in [2.45, 2.75) is 27.2 Å². The third-order valence-electron chi connectivity index (χ3n) is 5.75. The third-order valence-corrected chi connectivity index (χ3v) is 6.12. The van der Waals surface area contributed by atoms with E-state index < -0.39 is 17.8 Å². The van der Waals surface area contributed by atoms with Crippen LogP contribution in [0.25, 0.3) is 6.08 Å². The summed E-state index contributed by atoms with van der Waals surface area (Å²) in [5.41, 5.74) is 4.44. The highest BCUT2D eigenvalue weighted by molar-refractivity contribution is 6.39. The van der Waals surface area contributed by atoms with Crippen molar-refractivity contribution in [3.63, 3.8) is 0 Å². The van der Waals surface area contributed by atoms with E-state index in [1.807, 2.05) is 56.3 Å². The largest absolute Gasteiger partial charge is 0.494 e. The van der Waals surface area contributed by atoms with Crippen molar-refractivity contribution in [1.82, 2.24) is 5.32 Å². The SMILES string of the molecule is CCOc1cc(/C=C2\C(=O)NC(=O)N(c3cc(C)ccc3C)C2=O)ccc1Cc1ccccc1Cl. The topological polar surface area (TPSA) is 75.7 Å². The number of carbonyl (C=O) groups is 3. The summed E-state index contributed by atoms with van der Waals surface area (Å²) in [5, 5.41) is 2.95. The molecular formula is C28H25ClN2O4. The minimum Gasteiger partial charge on any atom is -0.494 e. The average Bonchev–Trinajstić information content (AvgIpc) is 2.82. The maximum Gasteiger partial charge on any atom is 0.335 e. The van der Waals surface area contributed by atoms with Gasteiger partial charge in [0.25, 0.3) is 11.8 Å². The first-order valence-electron chi connectivity index (χ1n) is 11.3. The van der Waals surface area contributed by atoms with Crippen LogP contribution in [0.4, 0.5) is 10.5 Å². The van der Waals surface area contributed by atoms with E-state index in [9.17, 15) is 14.4 Å². The molecule has 0 unspecified atom stereocenters. The molecule has 0 spiro atoms. The number of carbonyl (C=O) groups excluding carboxylic acids is 3. The maximum atomic E-state index is 13.3. The van der Waals surface area contributed by atoms with Crippen molar-refractivity contribution in [2.24, 2.45) is 0 Å². The summed E-state index contributed by atoms with van der Waals surface area (Å²) in [4.78, 5) is 39.5. The van der Waals surface area contributed by atoms with Crippen LogP contribution in [0.1, 0.15) is 34.7 Å². The summed E-state index contributed by atoms with van der Waals surface area (Å²) < 4.78 is 5.85. The highest BCUT2D eigenvalue weighted by Crippen LogP contribution is 2.29. The summed E-state index contributed by atoms with van der Waals surface area (Å²) in [7, 11) is 0. The van der Waals surface area contributed by atoms with Crippen molar-refractivity contribution in [2.75, 3.05) is 11.5 Å². The number of benzene rings is 3. The molecule has 0 saturated carbocycles. The average molecular weight is 489 g/mol. The van der Waals surface area contributed by atoms with E-state index in [1.54, 1.807) is 25.1 Å². The molecule has 4 amide bonds. The Balaban J connectivity index is 1.70. The molecule has 1 saturated heterocycles. The third kappa shape index (κ3) is 5.12. The lowest BCUT2D eigenvalue weighted by Gasteiger charge is -2.27. The van der Waals surface area contributed by atoms with E-state index in [0.29, 0.717) is 35.1 Å². The first-order valence-corrected chi connectivity index (χ1v) is 11.6. The molecule has 0 radical (unpaired) electrons. The number of hydrogen-bond donors (Lipinski definition) is 1. The van der Waals surface area contributed by atoms with Crippen LogP contribution in [-0.4, -0.2) is 24.5 Å². The van der Waals surface area contributed by atoms with Crippen molar-refractivity contribution in [1.29, 1.82) is 0 Å².